The first kappa shape index (κ1) is 13.8. The molecule has 0 heterocycles. The molecule has 0 rings (SSSR count). The summed E-state index contributed by atoms with van der Waals surface area (Å²) in [6.45, 7) is 0.984. The third kappa shape index (κ3) is 3.18. The average Bonchev–Trinajstić information content (AvgIpc) is 2.25. The van der Waals surface area contributed by atoms with E-state index in [1.54, 1.807) is 0 Å². The highest BCUT2D eigenvalue weighted by molar-refractivity contribution is 4.91. The minimum absolute atomic E-state index is 0.258. The largest absolute Gasteiger partial charge is 0.320 e. The first-order valence-corrected chi connectivity index (χ1v) is 5.09. The van der Waals surface area contributed by atoms with Crippen LogP contribution in [0.5, 0.6) is 0 Å². The van der Waals surface area contributed by atoms with Crippen molar-refractivity contribution in [1.29, 1.82) is 0 Å². The zero-order chi connectivity index (χ0) is 11.0. The highest BCUT2D eigenvalue weighted by Gasteiger charge is 2.32. The van der Waals surface area contributed by atoms with E-state index in [1.165, 1.54) is 0 Å². The Morgan fingerprint density at radius 2 is 1.43 bits per heavy atom. The van der Waals surface area contributed by atoms with Gasteiger partial charge in [0.2, 0.25) is 0 Å². The molecule has 5 heteroatoms. The second-order valence-electron chi connectivity index (χ2n) is 3.29. The van der Waals surface area contributed by atoms with Crippen LogP contribution >= 0.6 is 0 Å². The van der Waals surface area contributed by atoms with Crippen LogP contribution in [0.3, 0.4) is 0 Å². The van der Waals surface area contributed by atoms with Crippen molar-refractivity contribution in [2.75, 3.05) is 41.8 Å². The van der Waals surface area contributed by atoms with E-state index in [-0.39, 0.29) is 5.79 Å². The SMILES string of the molecule is CNCCC(NC)C(NC)(NC)NC. The lowest BCUT2D eigenvalue weighted by atomic mass is 10.1. The van der Waals surface area contributed by atoms with E-state index in [1.807, 2.05) is 35.2 Å². The van der Waals surface area contributed by atoms with Crippen molar-refractivity contribution in [3.05, 3.63) is 0 Å². The number of nitrogens with one attached hydrogen (secondary N) is 5. The minimum Gasteiger partial charge on any atom is -0.320 e. The molecule has 0 saturated carbocycles. The lowest BCUT2D eigenvalue weighted by molar-refractivity contribution is 0.167. The zero-order valence-electron chi connectivity index (χ0n) is 9.99. The molecule has 0 bridgehead atoms. The van der Waals surface area contributed by atoms with Gasteiger partial charge in [-0.2, -0.15) is 0 Å². The molecular formula is C9H25N5. The maximum Gasteiger partial charge on any atom is 0.138 e. The second-order valence-corrected chi connectivity index (χ2v) is 3.29. The molecule has 14 heavy (non-hydrogen) atoms. The number of rotatable bonds is 8. The molecule has 86 valence electrons. The molecule has 0 aliphatic rings. The van der Waals surface area contributed by atoms with Crippen LogP contribution in [0, 0.1) is 0 Å². The quantitative estimate of drug-likeness (QED) is 0.311. The highest BCUT2D eigenvalue weighted by Crippen LogP contribution is 2.04. The van der Waals surface area contributed by atoms with Gasteiger partial charge in [-0.1, -0.05) is 0 Å². The van der Waals surface area contributed by atoms with Gasteiger partial charge in [0, 0.05) is 0 Å². The van der Waals surface area contributed by atoms with Gasteiger partial charge in [0.05, 0.1) is 6.04 Å². The van der Waals surface area contributed by atoms with Crippen molar-refractivity contribution in [1.82, 2.24) is 26.6 Å². The van der Waals surface area contributed by atoms with E-state index < -0.39 is 0 Å². The molecule has 0 aromatic carbocycles. The first-order chi connectivity index (χ1) is 6.70. The summed E-state index contributed by atoms with van der Waals surface area (Å²) in [4.78, 5) is 0. The van der Waals surface area contributed by atoms with Crippen LogP contribution in [0.15, 0.2) is 0 Å². The fourth-order valence-electron chi connectivity index (χ4n) is 1.76. The molecule has 0 aromatic rings. The normalized spacial score (nSPS) is 14.4. The molecule has 0 aliphatic carbocycles. The Hall–Kier alpha value is -0.200. The van der Waals surface area contributed by atoms with Gasteiger partial charge in [-0.15, -0.1) is 0 Å². The van der Waals surface area contributed by atoms with Crippen LogP contribution in [-0.2, 0) is 0 Å². The predicted octanol–water partition coefficient (Wildman–Crippen LogP) is -1.50. The van der Waals surface area contributed by atoms with Crippen molar-refractivity contribution in [2.24, 2.45) is 0 Å². The monoisotopic (exact) mass is 203 g/mol. The van der Waals surface area contributed by atoms with Crippen LogP contribution < -0.4 is 26.6 Å². The van der Waals surface area contributed by atoms with E-state index in [9.17, 15) is 0 Å². The maximum atomic E-state index is 3.30. The molecule has 5 nitrogen and oxygen atoms in total. The van der Waals surface area contributed by atoms with Gasteiger partial charge < -0.3 is 10.6 Å². The van der Waals surface area contributed by atoms with Crippen molar-refractivity contribution in [3.63, 3.8) is 0 Å². The summed E-state index contributed by atoms with van der Waals surface area (Å²) < 4.78 is 0. The Kier molecular flexibility index (Phi) is 7.04. The Bertz CT molecular complexity index is 127. The fraction of sp³-hybridized carbons (Fsp3) is 1.00. The molecule has 0 spiro atoms. The maximum absolute atomic E-state index is 3.30. The smallest absolute Gasteiger partial charge is 0.138 e. The summed E-state index contributed by atoms with van der Waals surface area (Å²) in [5, 5.41) is 16.2. The predicted molar refractivity (Wildman–Crippen MR) is 61.3 cm³/mol. The van der Waals surface area contributed by atoms with Gasteiger partial charge in [0.25, 0.3) is 0 Å². The summed E-state index contributed by atoms with van der Waals surface area (Å²) in [5.41, 5.74) is 0. The van der Waals surface area contributed by atoms with E-state index in [4.69, 9.17) is 0 Å². The van der Waals surface area contributed by atoms with E-state index in [0.29, 0.717) is 6.04 Å². The van der Waals surface area contributed by atoms with Gasteiger partial charge in [-0.05, 0) is 48.2 Å². The number of hydrogen-bond donors (Lipinski definition) is 5. The summed E-state index contributed by atoms with van der Waals surface area (Å²) >= 11 is 0. The topological polar surface area (TPSA) is 60.1 Å². The minimum atomic E-state index is -0.258. The second kappa shape index (κ2) is 7.14. The molecule has 1 unspecified atom stereocenters. The lowest BCUT2D eigenvalue weighted by Crippen LogP contribution is -2.73. The van der Waals surface area contributed by atoms with Crippen LogP contribution in [0.2, 0.25) is 0 Å². The van der Waals surface area contributed by atoms with Crippen LogP contribution in [0.4, 0.5) is 0 Å². The third-order valence-corrected chi connectivity index (χ3v) is 2.74. The average molecular weight is 203 g/mol. The molecule has 0 saturated heterocycles. The first-order valence-electron chi connectivity index (χ1n) is 5.09. The number of hydrogen-bond acceptors (Lipinski definition) is 5. The lowest BCUT2D eigenvalue weighted by Gasteiger charge is -2.40. The van der Waals surface area contributed by atoms with Crippen LogP contribution in [-0.4, -0.2) is 53.6 Å². The summed E-state index contributed by atoms with van der Waals surface area (Å²) in [6, 6.07) is 0.315. The fourth-order valence-corrected chi connectivity index (χ4v) is 1.76. The molecule has 0 radical (unpaired) electrons. The van der Waals surface area contributed by atoms with Crippen molar-refractivity contribution in [2.45, 2.75) is 18.2 Å². The van der Waals surface area contributed by atoms with Crippen molar-refractivity contribution >= 4 is 0 Å². The van der Waals surface area contributed by atoms with Gasteiger partial charge in [0.15, 0.2) is 0 Å². The molecule has 0 fully saturated rings. The molecule has 5 N–H and O–H groups in total. The summed E-state index contributed by atoms with van der Waals surface area (Å²) in [6.07, 6.45) is 1.04. The van der Waals surface area contributed by atoms with Crippen molar-refractivity contribution < 1.29 is 0 Å². The van der Waals surface area contributed by atoms with Gasteiger partial charge in [-0.3, -0.25) is 16.0 Å². The third-order valence-electron chi connectivity index (χ3n) is 2.74. The van der Waals surface area contributed by atoms with Gasteiger partial charge in [0.1, 0.15) is 5.79 Å². The molecule has 0 aromatic heterocycles. The van der Waals surface area contributed by atoms with Gasteiger partial charge in [-0.25, -0.2) is 0 Å². The summed E-state index contributed by atoms with van der Waals surface area (Å²) in [7, 11) is 9.76. The number of likely N-dealkylation sites (N-methyl/N-ethyl adjacent to an activating group) is 4. The Labute approximate surface area is 87.4 Å². The van der Waals surface area contributed by atoms with E-state index >= 15 is 0 Å². The molecule has 0 aliphatic heterocycles. The molecule has 1 atom stereocenters. The molecular weight excluding hydrogens is 178 g/mol. The summed E-state index contributed by atoms with van der Waals surface area (Å²) in [5.74, 6) is -0.258. The van der Waals surface area contributed by atoms with E-state index in [0.717, 1.165) is 13.0 Å². The Morgan fingerprint density at radius 3 is 1.71 bits per heavy atom. The zero-order valence-corrected chi connectivity index (χ0v) is 9.99. The van der Waals surface area contributed by atoms with E-state index in [2.05, 4.69) is 26.6 Å². The Balaban J connectivity index is 4.40. The van der Waals surface area contributed by atoms with Crippen molar-refractivity contribution in [3.8, 4) is 0 Å². The van der Waals surface area contributed by atoms with Crippen LogP contribution in [0.1, 0.15) is 6.42 Å². The Morgan fingerprint density at radius 1 is 0.929 bits per heavy atom. The van der Waals surface area contributed by atoms with Crippen LogP contribution in [0.25, 0.3) is 0 Å². The molecule has 0 amide bonds. The standard InChI is InChI=1S/C9H25N5/c1-10-7-6-8(11-2)9(12-3,13-4)14-5/h8,10-14H,6-7H2,1-5H3. The van der Waals surface area contributed by atoms with Gasteiger partial charge >= 0.3 is 0 Å². The highest BCUT2D eigenvalue weighted by atomic mass is 15.4.